The standard InChI is InChI=1S/C25H23ClN2O/c1-17-7-11-20(12-8-17)24-23(26)25(21-13-9-18(2)10-14-21)28(27-24)16-19-5-4-6-22(15-19)29-3/h4-15H,16H2,1-3H3. The summed E-state index contributed by atoms with van der Waals surface area (Å²) in [6, 6.07) is 24.7. The maximum atomic E-state index is 6.89. The van der Waals surface area contributed by atoms with E-state index in [2.05, 4.69) is 68.4 Å². The van der Waals surface area contributed by atoms with Crippen LogP contribution >= 0.6 is 11.6 Å². The van der Waals surface area contributed by atoms with Gasteiger partial charge in [-0.2, -0.15) is 5.10 Å². The fraction of sp³-hybridized carbons (Fsp3) is 0.160. The van der Waals surface area contributed by atoms with Gasteiger partial charge in [0.05, 0.1) is 24.4 Å². The van der Waals surface area contributed by atoms with Crippen molar-refractivity contribution >= 4 is 11.6 Å². The second-order valence-electron chi connectivity index (χ2n) is 7.25. The van der Waals surface area contributed by atoms with Gasteiger partial charge in [-0.3, -0.25) is 4.68 Å². The van der Waals surface area contributed by atoms with Crippen LogP contribution < -0.4 is 4.74 Å². The highest BCUT2D eigenvalue weighted by atomic mass is 35.5. The van der Waals surface area contributed by atoms with Crippen LogP contribution in [0.4, 0.5) is 0 Å². The molecule has 0 N–H and O–H groups in total. The molecular weight excluding hydrogens is 380 g/mol. The zero-order valence-electron chi connectivity index (χ0n) is 16.8. The molecular formula is C25H23ClN2O. The zero-order chi connectivity index (χ0) is 20.4. The number of benzene rings is 3. The minimum absolute atomic E-state index is 0.603. The van der Waals surface area contributed by atoms with Crippen molar-refractivity contribution in [2.45, 2.75) is 20.4 Å². The Hall–Kier alpha value is -3.04. The SMILES string of the molecule is COc1cccc(Cn2nc(-c3ccc(C)cc3)c(Cl)c2-c2ccc(C)cc2)c1. The molecule has 3 nitrogen and oxygen atoms in total. The summed E-state index contributed by atoms with van der Waals surface area (Å²) < 4.78 is 7.36. The molecule has 4 rings (SSSR count). The second-order valence-corrected chi connectivity index (χ2v) is 7.63. The predicted molar refractivity (Wildman–Crippen MR) is 120 cm³/mol. The van der Waals surface area contributed by atoms with E-state index >= 15 is 0 Å². The van der Waals surface area contributed by atoms with E-state index in [1.54, 1.807) is 7.11 Å². The molecule has 0 saturated heterocycles. The molecule has 0 atom stereocenters. The van der Waals surface area contributed by atoms with E-state index in [9.17, 15) is 0 Å². The molecule has 0 aliphatic carbocycles. The summed E-state index contributed by atoms with van der Waals surface area (Å²) in [6.07, 6.45) is 0. The van der Waals surface area contributed by atoms with Gasteiger partial charge in [0.2, 0.25) is 0 Å². The molecule has 0 aliphatic rings. The Morgan fingerprint density at radius 1 is 0.862 bits per heavy atom. The van der Waals surface area contributed by atoms with Gasteiger partial charge in [-0.15, -0.1) is 0 Å². The number of halogens is 1. The first-order chi connectivity index (χ1) is 14.0. The molecule has 3 aromatic carbocycles. The molecule has 0 fully saturated rings. The predicted octanol–water partition coefficient (Wildman–Crippen LogP) is 6.54. The largest absolute Gasteiger partial charge is 0.497 e. The summed E-state index contributed by atoms with van der Waals surface area (Å²) in [4.78, 5) is 0. The first-order valence-corrected chi connectivity index (χ1v) is 9.96. The summed E-state index contributed by atoms with van der Waals surface area (Å²) in [5.41, 5.74) is 7.30. The van der Waals surface area contributed by atoms with Crippen molar-refractivity contribution in [3.05, 3.63) is 94.5 Å². The van der Waals surface area contributed by atoms with Crippen LogP contribution in [0.3, 0.4) is 0 Å². The maximum Gasteiger partial charge on any atom is 0.119 e. The fourth-order valence-electron chi connectivity index (χ4n) is 3.38. The Labute approximate surface area is 176 Å². The van der Waals surface area contributed by atoms with Crippen LogP contribution in [0.15, 0.2) is 72.8 Å². The number of aromatic nitrogens is 2. The zero-order valence-corrected chi connectivity index (χ0v) is 17.6. The number of ether oxygens (including phenoxy) is 1. The molecule has 4 heteroatoms. The summed E-state index contributed by atoms with van der Waals surface area (Å²) in [7, 11) is 1.68. The number of hydrogen-bond acceptors (Lipinski definition) is 2. The molecule has 0 saturated carbocycles. The molecule has 0 aliphatic heterocycles. The number of hydrogen-bond donors (Lipinski definition) is 0. The molecule has 1 aromatic heterocycles. The Kier molecular flexibility index (Phi) is 5.41. The molecule has 146 valence electrons. The van der Waals surface area contributed by atoms with Gasteiger partial charge < -0.3 is 4.74 Å². The van der Waals surface area contributed by atoms with Gasteiger partial charge in [0.1, 0.15) is 11.4 Å². The van der Waals surface area contributed by atoms with E-state index < -0.39 is 0 Å². The van der Waals surface area contributed by atoms with Crippen LogP contribution in [0.25, 0.3) is 22.5 Å². The van der Waals surface area contributed by atoms with Gasteiger partial charge in [-0.05, 0) is 31.5 Å². The maximum absolute atomic E-state index is 6.89. The molecule has 0 unspecified atom stereocenters. The van der Waals surface area contributed by atoms with E-state index in [0.29, 0.717) is 11.6 Å². The molecule has 0 spiro atoms. The Balaban J connectivity index is 1.84. The Morgan fingerprint density at radius 2 is 1.48 bits per heavy atom. The van der Waals surface area contributed by atoms with Gasteiger partial charge in [0.25, 0.3) is 0 Å². The highest BCUT2D eigenvalue weighted by Gasteiger charge is 2.19. The number of nitrogens with zero attached hydrogens (tertiary/aromatic N) is 2. The minimum atomic E-state index is 0.603. The molecule has 1 heterocycles. The minimum Gasteiger partial charge on any atom is -0.497 e. The molecule has 0 radical (unpaired) electrons. The van der Waals surface area contributed by atoms with Crippen LogP contribution in [-0.2, 0) is 6.54 Å². The van der Waals surface area contributed by atoms with Gasteiger partial charge in [0, 0.05) is 11.1 Å². The highest BCUT2D eigenvalue weighted by molar-refractivity contribution is 6.35. The fourth-order valence-corrected chi connectivity index (χ4v) is 3.73. The monoisotopic (exact) mass is 402 g/mol. The van der Waals surface area contributed by atoms with Crippen molar-refractivity contribution in [1.82, 2.24) is 9.78 Å². The lowest BCUT2D eigenvalue weighted by molar-refractivity contribution is 0.414. The van der Waals surface area contributed by atoms with Crippen LogP contribution in [0, 0.1) is 13.8 Å². The smallest absolute Gasteiger partial charge is 0.119 e. The third-order valence-corrected chi connectivity index (χ3v) is 5.37. The van der Waals surface area contributed by atoms with Crippen molar-refractivity contribution in [2.75, 3.05) is 7.11 Å². The van der Waals surface area contributed by atoms with Crippen LogP contribution in [-0.4, -0.2) is 16.9 Å². The lowest BCUT2D eigenvalue weighted by Gasteiger charge is -2.10. The molecule has 0 amide bonds. The normalized spacial score (nSPS) is 10.9. The third kappa shape index (κ3) is 4.06. The van der Waals surface area contributed by atoms with E-state index in [0.717, 1.165) is 33.8 Å². The summed E-state index contributed by atoms with van der Waals surface area (Å²) >= 11 is 6.89. The Morgan fingerprint density at radius 3 is 2.10 bits per heavy atom. The van der Waals surface area contributed by atoms with Gasteiger partial charge in [-0.25, -0.2) is 0 Å². The van der Waals surface area contributed by atoms with Gasteiger partial charge >= 0.3 is 0 Å². The Bertz CT molecular complexity index is 1130. The van der Waals surface area contributed by atoms with Crippen LogP contribution in [0.2, 0.25) is 5.02 Å². The number of aryl methyl sites for hydroxylation is 2. The van der Waals surface area contributed by atoms with E-state index in [-0.39, 0.29) is 0 Å². The van der Waals surface area contributed by atoms with Crippen molar-refractivity contribution in [3.8, 4) is 28.3 Å². The van der Waals surface area contributed by atoms with Gasteiger partial charge in [-0.1, -0.05) is 83.4 Å². The number of methoxy groups -OCH3 is 1. The molecule has 4 aromatic rings. The van der Waals surface area contributed by atoms with E-state index in [1.807, 2.05) is 22.9 Å². The number of rotatable bonds is 5. The summed E-state index contributed by atoms with van der Waals surface area (Å²) in [5, 5.41) is 5.57. The van der Waals surface area contributed by atoms with E-state index in [1.165, 1.54) is 11.1 Å². The van der Waals surface area contributed by atoms with Crippen LogP contribution in [0.5, 0.6) is 5.75 Å². The lowest BCUT2D eigenvalue weighted by Crippen LogP contribution is -2.04. The van der Waals surface area contributed by atoms with Crippen molar-refractivity contribution in [2.24, 2.45) is 0 Å². The first kappa shape index (κ1) is 19.3. The van der Waals surface area contributed by atoms with Gasteiger partial charge in [0.15, 0.2) is 0 Å². The lowest BCUT2D eigenvalue weighted by atomic mass is 10.1. The summed E-state index contributed by atoms with van der Waals surface area (Å²) in [6.45, 7) is 4.76. The highest BCUT2D eigenvalue weighted by Crippen LogP contribution is 2.37. The van der Waals surface area contributed by atoms with Crippen molar-refractivity contribution < 1.29 is 4.74 Å². The quantitative estimate of drug-likeness (QED) is 0.378. The average molecular weight is 403 g/mol. The molecule has 0 bridgehead atoms. The van der Waals surface area contributed by atoms with Crippen LogP contribution in [0.1, 0.15) is 16.7 Å². The third-order valence-electron chi connectivity index (χ3n) is 5.01. The topological polar surface area (TPSA) is 27.1 Å². The average Bonchev–Trinajstić information content (AvgIpc) is 3.05. The van der Waals surface area contributed by atoms with Crippen molar-refractivity contribution in [1.29, 1.82) is 0 Å². The second kappa shape index (κ2) is 8.14. The summed E-state index contributed by atoms with van der Waals surface area (Å²) in [5.74, 6) is 0.830. The first-order valence-electron chi connectivity index (χ1n) is 9.58. The van der Waals surface area contributed by atoms with Crippen molar-refractivity contribution in [3.63, 3.8) is 0 Å². The molecule has 29 heavy (non-hydrogen) atoms. The van der Waals surface area contributed by atoms with E-state index in [4.69, 9.17) is 21.4 Å².